The van der Waals surface area contributed by atoms with E-state index in [1.54, 1.807) is 0 Å². The molecule has 0 N–H and O–H groups in total. The van der Waals surface area contributed by atoms with Gasteiger partial charge in [-0.1, -0.05) is 109 Å². The van der Waals surface area contributed by atoms with Crippen LogP contribution < -0.4 is 0 Å². The first-order valence-corrected chi connectivity index (χ1v) is 16.2. The molecule has 7 aromatic carbocycles. The van der Waals surface area contributed by atoms with E-state index in [1.807, 2.05) is 30.3 Å². The van der Waals surface area contributed by atoms with Gasteiger partial charge in [-0.25, -0.2) is 9.97 Å². The van der Waals surface area contributed by atoms with E-state index in [4.69, 9.17) is 14.4 Å². The third-order valence-corrected chi connectivity index (χ3v) is 9.39. The largest absolute Gasteiger partial charge is 0.456 e. The van der Waals surface area contributed by atoms with Crippen molar-refractivity contribution < 1.29 is 4.42 Å². The van der Waals surface area contributed by atoms with Gasteiger partial charge in [0, 0.05) is 43.7 Å². The van der Waals surface area contributed by atoms with Gasteiger partial charge in [0.2, 0.25) is 0 Å². The third kappa shape index (κ3) is 4.10. The SMILES string of the molecule is c1ccc(-c2nc(-c3cc(-c4ccc5c(c4)c4ccccc4n5-c4ccccc4)cc4oc5ccccc5c34)nc3ccccc23)cc1. The molecule has 0 atom stereocenters. The molecule has 4 heteroatoms. The first-order valence-electron chi connectivity index (χ1n) is 16.2. The number of hydrogen-bond acceptors (Lipinski definition) is 3. The van der Waals surface area contributed by atoms with E-state index in [2.05, 4.69) is 138 Å². The predicted molar refractivity (Wildman–Crippen MR) is 197 cm³/mol. The lowest BCUT2D eigenvalue weighted by molar-refractivity contribution is 0.669. The van der Waals surface area contributed by atoms with Crippen LogP contribution in [-0.4, -0.2) is 14.5 Å². The van der Waals surface area contributed by atoms with E-state index >= 15 is 0 Å². The minimum atomic E-state index is 0.674. The second-order valence-electron chi connectivity index (χ2n) is 12.2. The van der Waals surface area contributed by atoms with E-state index < -0.39 is 0 Å². The highest BCUT2D eigenvalue weighted by atomic mass is 16.3. The van der Waals surface area contributed by atoms with Crippen molar-refractivity contribution in [2.45, 2.75) is 0 Å². The molecule has 10 aromatic rings. The van der Waals surface area contributed by atoms with Gasteiger partial charge in [0.05, 0.1) is 22.2 Å². The highest BCUT2D eigenvalue weighted by Crippen LogP contribution is 2.42. The molecule has 4 nitrogen and oxygen atoms in total. The number of furan rings is 1. The Hall–Kier alpha value is -6.52. The molecule has 10 rings (SSSR count). The maximum absolute atomic E-state index is 6.54. The Balaban J connectivity index is 1.25. The van der Waals surface area contributed by atoms with Crippen molar-refractivity contribution in [1.82, 2.24) is 14.5 Å². The van der Waals surface area contributed by atoms with Crippen LogP contribution in [0.15, 0.2) is 168 Å². The molecule has 48 heavy (non-hydrogen) atoms. The van der Waals surface area contributed by atoms with Crippen molar-refractivity contribution in [3.05, 3.63) is 164 Å². The van der Waals surface area contributed by atoms with Gasteiger partial charge in [-0.2, -0.15) is 0 Å². The fourth-order valence-electron chi connectivity index (χ4n) is 7.22. The lowest BCUT2D eigenvalue weighted by atomic mass is 9.96. The van der Waals surface area contributed by atoms with Crippen LogP contribution >= 0.6 is 0 Å². The molecule has 0 bridgehead atoms. The van der Waals surface area contributed by atoms with Gasteiger partial charge in [-0.05, 0) is 65.7 Å². The van der Waals surface area contributed by atoms with Crippen molar-refractivity contribution in [2.75, 3.05) is 0 Å². The Morgan fingerprint density at radius 3 is 1.98 bits per heavy atom. The van der Waals surface area contributed by atoms with E-state index in [9.17, 15) is 0 Å². The average Bonchev–Trinajstić information content (AvgIpc) is 3.70. The first kappa shape index (κ1) is 26.7. The first-order chi connectivity index (χ1) is 23.8. The van der Waals surface area contributed by atoms with Gasteiger partial charge in [0.15, 0.2) is 5.82 Å². The molecule has 0 saturated heterocycles. The standard InChI is InChI=1S/C44H27N3O/c1-3-13-28(14-4-1)43-33-18-7-10-20-37(33)45-44(46-43)36-26-30(27-41-42(36)34-19-9-12-22-40(34)48-41)29-23-24-39-35(25-29)32-17-8-11-21-38(32)47(39)31-15-5-2-6-16-31/h1-27H. The van der Waals surface area contributed by atoms with E-state index in [0.29, 0.717) is 5.82 Å². The number of hydrogen-bond donors (Lipinski definition) is 0. The summed E-state index contributed by atoms with van der Waals surface area (Å²) < 4.78 is 8.88. The maximum atomic E-state index is 6.54. The summed E-state index contributed by atoms with van der Waals surface area (Å²) in [6, 6.07) is 57.2. The molecule has 0 unspecified atom stereocenters. The van der Waals surface area contributed by atoms with Gasteiger partial charge in [0.25, 0.3) is 0 Å². The van der Waals surface area contributed by atoms with Crippen LogP contribution in [0, 0.1) is 0 Å². The van der Waals surface area contributed by atoms with Crippen LogP contribution in [0.1, 0.15) is 0 Å². The molecule has 3 aromatic heterocycles. The smallest absolute Gasteiger partial charge is 0.161 e. The summed E-state index contributed by atoms with van der Waals surface area (Å²) in [5.74, 6) is 0.674. The number of rotatable bonds is 4. The number of nitrogens with zero attached hydrogens (tertiary/aromatic N) is 3. The van der Waals surface area contributed by atoms with Crippen LogP contribution in [-0.2, 0) is 0 Å². The van der Waals surface area contributed by atoms with Gasteiger partial charge in [0.1, 0.15) is 11.2 Å². The zero-order valence-corrected chi connectivity index (χ0v) is 25.8. The summed E-state index contributed by atoms with van der Waals surface area (Å²) in [7, 11) is 0. The monoisotopic (exact) mass is 613 g/mol. The zero-order valence-electron chi connectivity index (χ0n) is 25.8. The van der Waals surface area contributed by atoms with Crippen LogP contribution in [0.4, 0.5) is 0 Å². The second kappa shape index (κ2) is 10.5. The molecule has 0 aliphatic carbocycles. The topological polar surface area (TPSA) is 43.9 Å². The van der Waals surface area contributed by atoms with Crippen LogP contribution in [0.2, 0.25) is 0 Å². The molecule has 0 radical (unpaired) electrons. The quantitative estimate of drug-likeness (QED) is 0.198. The lowest BCUT2D eigenvalue weighted by Crippen LogP contribution is -1.96. The summed E-state index contributed by atoms with van der Waals surface area (Å²) in [5.41, 5.74) is 11.1. The highest BCUT2D eigenvalue weighted by molar-refractivity contribution is 6.14. The number of benzene rings is 7. The molecule has 0 aliphatic heterocycles. The third-order valence-electron chi connectivity index (χ3n) is 9.39. The van der Waals surface area contributed by atoms with Gasteiger partial charge < -0.3 is 8.98 Å². The molecule has 0 amide bonds. The van der Waals surface area contributed by atoms with Crippen molar-refractivity contribution >= 4 is 54.6 Å². The van der Waals surface area contributed by atoms with Crippen molar-refractivity contribution in [3.63, 3.8) is 0 Å². The predicted octanol–water partition coefficient (Wildman–Crippen LogP) is 11.6. The average molecular weight is 614 g/mol. The van der Waals surface area contributed by atoms with Gasteiger partial charge in [-0.15, -0.1) is 0 Å². The second-order valence-corrected chi connectivity index (χ2v) is 12.2. The molecule has 0 saturated carbocycles. The Bertz CT molecular complexity index is 2830. The summed E-state index contributed by atoms with van der Waals surface area (Å²) in [6.45, 7) is 0. The molecule has 224 valence electrons. The van der Waals surface area contributed by atoms with Crippen LogP contribution in [0.25, 0.3) is 94.1 Å². The van der Waals surface area contributed by atoms with E-state index in [1.165, 1.54) is 21.8 Å². The molecule has 3 heterocycles. The Morgan fingerprint density at radius 2 is 1.12 bits per heavy atom. The number of aromatic nitrogens is 3. The van der Waals surface area contributed by atoms with Crippen LogP contribution in [0.3, 0.4) is 0 Å². The highest BCUT2D eigenvalue weighted by Gasteiger charge is 2.20. The van der Waals surface area contributed by atoms with Gasteiger partial charge in [-0.3, -0.25) is 0 Å². The minimum Gasteiger partial charge on any atom is -0.456 e. The fraction of sp³-hybridized carbons (Fsp3) is 0. The van der Waals surface area contributed by atoms with Crippen LogP contribution in [0.5, 0.6) is 0 Å². The van der Waals surface area contributed by atoms with Gasteiger partial charge >= 0.3 is 0 Å². The summed E-state index contributed by atoms with van der Waals surface area (Å²) in [6.07, 6.45) is 0. The Labute approximate surface area is 276 Å². The molecule has 0 fully saturated rings. The summed E-state index contributed by atoms with van der Waals surface area (Å²) >= 11 is 0. The normalized spacial score (nSPS) is 11.8. The number of para-hydroxylation sites is 4. The lowest BCUT2D eigenvalue weighted by Gasteiger charge is -2.12. The van der Waals surface area contributed by atoms with Crippen molar-refractivity contribution in [2.24, 2.45) is 0 Å². The minimum absolute atomic E-state index is 0.674. The molecular weight excluding hydrogens is 587 g/mol. The van der Waals surface area contributed by atoms with Crippen molar-refractivity contribution in [1.29, 1.82) is 0 Å². The maximum Gasteiger partial charge on any atom is 0.161 e. The summed E-state index contributed by atoms with van der Waals surface area (Å²) in [4.78, 5) is 10.5. The van der Waals surface area contributed by atoms with E-state index in [-0.39, 0.29) is 0 Å². The van der Waals surface area contributed by atoms with Crippen molar-refractivity contribution in [3.8, 4) is 39.5 Å². The number of fused-ring (bicyclic) bond motifs is 7. The fourth-order valence-corrected chi connectivity index (χ4v) is 7.22. The van der Waals surface area contributed by atoms with E-state index in [0.717, 1.165) is 66.5 Å². The molecule has 0 aliphatic rings. The zero-order chi connectivity index (χ0) is 31.6. The Morgan fingerprint density at radius 1 is 0.438 bits per heavy atom. The molecule has 0 spiro atoms. The Kier molecular flexibility index (Phi) is 5.84. The molecular formula is C44H27N3O. The summed E-state index contributed by atoms with van der Waals surface area (Å²) in [5, 5.41) is 5.51.